The number of alkyl carbamates (subject to hydrolysis) is 1. The van der Waals surface area contributed by atoms with Gasteiger partial charge in [-0.2, -0.15) is 0 Å². The smallest absolute Gasteiger partial charge is 0.414 e. The standard InChI is InChI=1S/C28H42N4O7/c1-17(2)14-21(25(35)30-19(16-33)15-18-10-12-29-24(18)34)31-26(36)38-23-11-13-32(27(37)39-28(3,4)5)22-9-7-6-8-20(22)23/h6-9,17-19,21,23,33H,10-16H2,1-5H3,(H,29,34)(H,30,35)(H,31,36)/t18-,19-,21-,23?/m0/s1. The Morgan fingerprint density at radius 3 is 2.49 bits per heavy atom. The van der Waals surface area contributed by atoms with E-state index in [0.29, 0.717) is 50.0 Å². The van der Waals surface area contributed by atoms with Gasteiger partial charge < -0.3 is 30.5 Å². The molecule has 11 heteroatoms. The molecule has 39 heavy (non-hydrogen) atoms. The van der Waals surface area contributed by atoms with Crippen LogP contribution in [0.25, 0.3) is 0 Å². The van der Waals surface area contributed by atoms with Crippen molar-refractivity contribution in [1.82, 2.24) is 16.0 Å². The zero-order chi connectivity index (χ0) is 28.7. The third-order valence-corrected chi connectivity index (χ3v) is 6.67. The van der Waals surface area contributed by atoms with Crippen molar-refractivity contribution in [3.63, 3.8) is 0 Å². The van der Waals surface area contributed by atoms with Gasteiger partial charge in [-0.1, -0.05) is 32.0 Å². The van der Waals surface area contributed by atoms with Gasteiger partial charge in [0.1, 0.15) is 17.7 Å². The van der Waals surface area contributed by atoms with Crippen LogP contribution in [0.3, 0.4) is 0 Å². The molecule has 4 N–H and O–H groups in total. The Balaban J connectivity index is 1.65. The van der Waals surface area contributed by atoms with Crippen LogP contribution in [0.5, 0.6) is 0 Å². The number of amides is 4. The van der Waals surface area contributed by atoms with E-state index >= 15 is 0 Å². The average Bonchev–Trinajstić information content (AvgIpc) is 3.25. The lowest BCUT2D eigenvalue weighted by Gasteiger charge is -2.35. The summed E-state index contributed by atoms with van der Waals surface area (Å²) < 4.78 is 11.3. The topological polar surface area (TPSA) is 146 Å². The lowest BCUT2D eigenvalue weighted by Crippen LogP contribution is -2.51. The molecule has 0 aliphatic carbocycles. The zero-order valence-electron chi connectivity index (χ0n) is 23.5. The van der Waals surface area contributed by atoms with Crippen LogP contribution in [0.2, 0.25) is 0 Å². The Hall–Kier alpha value is -3.34. The number of anilines is 1. The van der Waals surface area contributed by atoms with Gasteiger partial charge in [0.05, 0.1) is 18.3 Å². The Bertz CT molecular complexity index is 1040. The highest BCUT2D eigenvalue weighted by atomic mass is 16.6. The van der Waals surface area contributed by atoms with Crippen LogP contribution in [0.4, 0.5) is 15.3 Å². The molecule has 2 heterocycles. The molecule has 1 aromatic carbocycles. The number of fused-ring (bicyclic) bond motifs is 1. The first-order valence-electron chi connectivity index (χ1n) is 13.6. The largest absolute Gasteiger partial charge is 0.443 e. The van der Waals surface area contributed by atoms with E-state index in [1.807, 2.05) is 13.8 Å². The molecule has 216 valence electrons. The molecule has 1 aromatic rings. The molecule has 2 aliphatic rings. The summed E-state index contributed by atoms with van der Waals surface area (Å²) in [5, 5.41) is 18.0. The Kier molecular flexibility index (Phi) is 10.2. The van der Waals surface area contributed by atoms with E-state index in [9.17, 15) is 24.3 Å². The van der Waals surface area contributed by atoms with Crippen molar-refractivity contribution in [2.75, 3.05) is 24.6 Å². The zero-order valence-corrected chi connectivity index (χ0v) is 23.5. The number of benzene rings is 1. The van der Waals surface area contributed by atoms with Crippen LogP contribution in [0, 0.1) is 11.8 Å². The maximum absolute atomic E-state index is 13.1. The molecule has 2 aliphatic heterocycles. The van der Waals surface area contributed by atoms with E-state index in [4.69, 9.17) is 9.47 Å². The number of para-hydroxylation sites is 1. The van der Waals surface area contributed by atoms with Crippen molar-refractivity contribution >= 4 is 29.7 Å². The number of aliphatic hydroxyl groups excluding tert-OH is 1. The lowest BCUT2D eigenvalue weighted by atomic mass is 9.97. The molecule has 1 fully saturated rings. The molecule has 0 radical (unpaired) electrons. The highest BCUT2D eigenvalue weighted by Gasteiger charge is 2.34. The summed E-state index contributed by atoms with van der Waals surface area (Å²) in [4.78, 5) is 52.3. The van der Waals surface area contributed by atoms with Gasteiger partial charge in [-0.3, -0.25) is 14.5 Å². The van der Waals surface area contributed by atoms with Crippen LogP contribution in [0.15, 0.2) is 24.3 Å². The normalized spacial score (nSPS) is 20.5. The SMILES string of the molecule is CC(C)C[C@H](NC(=O)OC1CCN(C(=O)OC(C)(C)C)c2ccccc21)C(=O)N[C@H](CO)C[C@@H]1CCNC1=O. The van der Waals surface area contributed by atoms with Crippen molar-refractivity contribution in [1.29, 1.82) is 0 Å². The van der Waals surface area contributed by atoms with E-state index in [0.717, 1.165) is 0 Å². The predicted molar refractivity (Wildman–Crippen MR) is 145 cm³/mol. The molecule has 3 rings (SSSR count). The molecule has 4 atom stereocenters. The Morgan fingerprint density at radius 1 is 1.15 bits per heavy atom. The minimum Gasteiger partial charge on any atom is -0.443 e. The highest BCUT2D eigenvalue weighted by Crippen LogP contribution is 2.36. The van der Waals surface area contributed by atoms with Gasteiger partial charge in [0, 0.05) is 31.0 Å². The van der Waals surface area contributed by atoms with Crippen molar-refractivity contribution in [3.05, 3.63) is 29.8 Å². The first-order chi connectivity index (χ1) is 18.4. The third-order valence-electron chi connectivity index (χ3n) is 6.67. The van der Waals surface area contributed by atoms with E-state index < -0.39 is 41.9 Å². The number of aliphatic hydroxyl groups is 1. The van der Waals surface area contributed by atoms with Gasteiger partial charge in [0.15, 0.2) is 0 Å². The molecule has 1 saturated heterocycles. The minimum absolute atomic E-state index is 0.0823. The number of carbonyl (C=O) groups excluding carboxylic acids is 4. The maximum atomic E-state index is 13.1. The first-order valence-corrected chi connectivity index (χ1v) is 13.6. The molecular weight excluding hydrogens is 504 g/mol. The van der Waals surface area contributed by atoms with E-state index in [1.165, 1.54) is 4.90 Å². The summed E-state index contributed by atoms with van der Waals surface area (Å²) in [5.41, 5.74) is 0.628. The second-order valence-electron chi connectivity index (χ2n) is 11.6. The fourth-order valence-corrected chi connectivity index (χ4v) is 4.86. The van der Waals surface area contributed by atoms with Gasteiger partial charge in [-0.05, 0) is 52.0 Å². The number of nitrogens with one attached hydrogen (secondary N) is 3. The molecule has 0 spiro atoms. The van der Waals surface area contributed by atoms with E-state index in [-0.39, 0.29) is 24.3 Å². The van der Waals surface area contributed by atoms with E-state index in [2.05, 4.69) is 16.0 Å². The quantitative estimate of drug-likeness (QED) is 0.372. The molecule has 4 amide bonds. The second kappa shape index (κ2) is 13.1. The number of nitrogens with zero attached hydrogens (tertiary/aromatic N) is 1. The minimum atomic E-state index is -0.888. The summed E-state index contributed by atoms with van der Waals surface area (Å²) >= 11 is 0. The maximum Gasteiger partial charge on any atom is 0.414 e. The number of hydrogen-bond donors (Lipinski definition) is 4. The van der Waals surface area contributed by atoms with Crippen molar-refractivity contribution in [2.24, 2.45) is 11.8 Å². The monoisotopic (exact) mass is 546 g/mol. The van der Waals surface area contributed by atoms with Gasteiger partial charge in [-0.25, -0.2) is 9.59 Å². The first kappa shape index (κ1) is 30.2. The molecular formula is C28H42N4O7. The average molecular weight is 547 g/mol. The molecule has 0 aromatic heterocycles. The van der Waals surface area contributed by atoms with Gasteiger partial charge >= 0.3 is 12.2 Å². The van der Waals surface area contributed by atoms with Gasteiger partial charge in [0.25, 0.3) is 0 Å². The number of ether oxygens (including phenoxy) is 2. The number of carbonyl (C=O) groups is 4. The summed E-state index contributed by atoms with van der Waals surface area (Å²) in [7, 11) is 0. The third kappa shape index (κ3) is 8.58. The Labute approximate surface area is 230 Å². The highest BCUT2D eigenvalue weighted by molar-refractivity contribution is 5.90. The lowest BCUT2D eigenvalue weighted by molar-refractivity contribution is -0.126. The van der Waals surface area contributed by atoms with Crippen LogP contribution in [-0.4, -0.2) is 66.5 Å². The summed E-state index contributed by atoms with van der Waals surface area (Å²) in [5.74, 6) is -0.707. The van der Waals surface area contributed by atoms with Gasteiger partial charge in [-0.15, -0.1) is 0 Å². The summed E-state index contributed by atoms with van der Waals surface area (Å²) in [6, 6.07) is 5.69. The fourth-order valence-electron chi connectivity index (χ4n) is 4.86. The fraction of sp³-hybridized carbons (Fsp3) is 0.643. The van der Waals surface area contributed by atoms with Crippen LogP contribution in [0.1, 0.15) is 72.0 Å². The number of hydrogen-bond acceptors (Lipinski definition) is 7. The van der Waals surface area contributed by atoms with Crippen LogP contribution < -0.4 is 20.9 Å². The molecule has 0 bridgehead atoms. The number of rotatable bonds is 9. The van der Waals surface area contributed by atoms with Crippen molar-refractivity contribution in [3.8, 4) is 0 Å². The molecule has 11 nitrogen and oxygen atoms in total. The molecule has 1 unspecified atom stereocenters. The van der Waals surface area contributed by atoms with Crippen molar-refractivity contribution in [2.45, 2.75) is 84.1 Å². The predicted octanol–water partition coefficient (Wildman–Crippen LogP) is 3.02. The van der Waals surface area contributed by atoms with E-state index in [1.54, 1.807) is 45.0 Å². The summed E-state index contributed by atoms with van der Waals surface area (Å²) in [6.07, 6.45) is -0.151. The Morgan fingerprint density at radius 2 is 1.87 bits per heavy atom. The van der Waals surface area contributed by atoms with Gasteiger partial charge in [0.2, 0.25) is 11.8 Å². The van der Waals surface area contributed by atoms with Crippen LogP contribution >= 0.6 is 0 Å². The van der Waals surface area contributed by atoms with Crippen molar-refractivity contribution < 1.29 is 33.8 Å². The second-order valence-corrected chi connectivity index (χ2v) is 11.6. The molecule has 0 saturated carbocycles. The van der Waals surface area contributed by atoms with Crippen LogP contribution in [-0.2, 0) is 19.1 Å². The summed E-state index contributed by atoms with van der Waals surface area (Å²) in [6.45, 7) is 9.83.